The Hall–Kier alpha value is -2.67. The van der Waals surface area contributed by atoms with E-state index in [1.165, 1.54) is 7.11 Å². The summed E-state index contributed by atoms with van der Waals surface area (Å²) in [7, 11) is 3.04. The number of rotatable bonds is 8. The van der Waals surface area contributed by atoms with Crippen LogP contribution in [0.1, 0.15) is 22.5 Å². The SMILES string of the molecule is COCCCNc1nc(C)cc(Nc2ccc(C(=O)OC)cc2)n1. The molecular formula is C17H22N4O3. The van der Waals surface area contributed by atoms with Crippen LogP contribution in [0, 0.1) is 6.92 Å². The molecule has 0 aliphatic carbocycles. The van der Waals surface area contributed by atoms with Crippen LogP contribution in [0.2, 0.25) is 0 Å². The largest absolute Gasteiger partial charge is 0.465 e. The first-order chi connectivity index (χ1) is 11.6. The van der Waals surface area contributed by atoms with Crippen LogP contribution >= 0.6 is 0 Å². The lowest BCUT2D eigenvalue weighted by Crippen LogP contribution is -2.09. The third-order valence-corrected chi connectivity index (χ3v) is 3.24. The smallest absolute Gasteiger partial charge is 0.337 e. The number of carbonyl (C=O) groups excluding carboxylic acids is 1. The van der Waals surface area contributed by atoms with Crippen molar-refractivity contribution in [3.8, 4) is 0 Å². The molecule has 2 aromatic rings. The molecule has 0 saturated carbocycles. The van der Waals surface area contributed by atoms with Gasteiger partial charge >= 0.3 is 5.97 Å². The number of ether oxygens (including phenoxy) is 2. The highest BCUT2D eigenvalue weighted by Crippen LogP contribution is 2.17. The molecule has 0 atom stereocenters. The van der Waals surface area contributed by atoms with Gasteiger partial charge in [0, 0.05) is 37.7 Å². The molecule has 0 amide bonds. The predicted molar refractivity (Wildman–Crippen MR) is 92.8 cm³/mol. The topological polar surface area (TPSA) is 85.4 Å². The van der Waals surface area contributed by atoms with Crippen LogP contribution in [-0.4, -0.2) is 43.3 Å². The summed E-state index contributed by atoms with van der Waals surface area (Å²) in [6.07, 6.45) is 0.881. The second-order valence-corrected chi connectivity index (χ2v) is 5.19. The minimum atomic E-state index is -0.359. The van der Waals surface area contributed by atoms with Crippen LogP contribution in [0.15, 0.2) is 30.3 Å². The van der Waals surface area contributed by atoms with Gasteiger partial charge in [0.25, 0.3) is 0 Å². The van der Waals surface area contributed by atoms with E-state index in [2.05, 4.69) is 25.3 Å². The van der Waals surface area contributed by atoms with Crippen molar-refractivity contribution in [2.75, 3.05) is 38.0 Å². The van der Waals surface area contributed by atoms with Gasteiger partial charge in [-0.25, -0.2) is 9.78 Å². The van der Waals surface area contributed by atoms with E-state index in [4.69, 9.17) is 4.74 Å². The Bertz CT molecular complexity index is 674. The summed E-state index contributed by atoms with van der Waals surface area (Å²) < 4.78 is 9.70. The molecule has 0 radical (unpaired) electrons. The summed E-state index contributed by atoms with van der Waals surface area (Å²) in [5.74, 6) is 0.893. The van der Waals surface area contributed by atoms with Crippen molar-refractivity contribution in [2.24, 2.45) is 0 Å². The Morgan fingerprint density at radius 3 is 2.58 bits per heavy atom. The monoisotopic (exact) mass is 330 g/mol. The van der Waals surface area contributed by atoms with Crippen molar-refractivity contribution in [2.45, 2.75) is 13.3 Å². The Labute approximate surface area is 141 Å². The van der Waals surface area contributed by atoms with Gasteiger partial charge < -0.3 is 20.1 Å². The summed E-state index contributed by atoms with van der Waals surface area (Å²) in [4.78, 5) is 20.2. The van der Waals surface area contributed by atoms with E-state index in [0.717, 1.165) is 24.3 Å². The number of aryl methyl sites for hydroxylation is 1. The lowest BCUT2D eigenvalue weighted by atomic mass is 10.2. The van der Waals surface area contributed by atoms with Gasteiger partial charge in [0.1, 0.15) is 5.82 Å². The highest BCUT2D eigenvalue weighted by molar-refractivity contribution is 5.89. The zero-order valence-corrected chi connectivity index (χ0v) is 14.1. The summed E-state index contributed by atoms with van der Waals surface area (Å²) in [6.45, 7) is 3.34. The minimum absolute atomic E-state index is 0.359. The maximum absolute atomic E-state index is 11.4. The van der Waals surface area contributed by atoms with Gasteiger partial charge in [-0.1, -0.05) is 0 Å². The van der Waals surface area contributed by atoms with E-state index in [1.54, 1.807) is 31.4 Å². The molecule has 7 heteroatoms. The van der Waals surface area contributed by atoms with Crippen LogP contribution in [0.3, 0.4) is 0 Å². The second kappa shape index (κ2) is 8.83. The summed E-state index contributed by atoms with van der Waals surface area (Å²) in [6, 6.07) is 8.86. The third-order valence-electron chi connectivity index (χ3n) is 3.24. The molecule has 128 valence electrons. The quantitative estimate of drug-likeness (QED) is 0.568. The number of nitrogens with zero attached hydrogens (tertiary/aromatic N) is 2. The molecule has 0 aliphatic heterocycles. The molecule has 0 spiro atoms. The van der Waals surface area contributed by atoms with Crippen LogP contribution in [-0.2, 0) is 9.47 Å². The number of benzene rings is 1. The molecule has 2 N–H and O–H groups in total. The Morgan fingerprint density at radius 1 is 1.17 bits per heavy atom. The number of esters is 1. The first-order valence-electron chi connectivity index (χ1n) is 7.66. The Morgan fingerprint density at radius 2 is 1.92 bits per heavy atom. The van der Waals surface area contributed by atoms with Gasteiger partial charge in [0.05, 0.1) is 12.7 Å². The van der Waals surface area contributed by atoms with Gasteiger partial charge in [0.2, 0.25) is 5.95 Å². The first kappa shape index (κ1) is 17.7. The molecular weight excluding hydrogens is 308 g/mol. The highest BCUT2D eigenvalue weighted by atomic mass is 16.5. The van der Waals surface area contributed by atoms with Gasteiger partial charge in [-0.3, -0.25) is 0 Å². The second-order valence-electron chi connectivity index (χ2n) is 5.19. The molecule has 1 aromatic heterocycles. The standard InChI is InChI=1S/C17H22N4O3/c1-12-11-15(21-17(19-12)18-9-4-10-23-2)20-14-7-5-13(6-8-14)16(22)24-3/h5-8,11H,4,9-10H2,1-3H3,(H2,18,19,20,21). The van der Waals surface area contributed by atoms with Crippen molar-refractivity contribution in [1.82, 2.24) is 9.97 Å². The molecule has 0 bridgehead atoms. The van der Waals surface area contributed by atoms with Crippen LogP contribution in [0.4, 0.5) is 17.5 Å². The van der Waals surface area contributed by atoms with E-state index < -0.39 is 0 Å². The van der Waals surface area contributed by atoms with E-state index in [9.17, 15) is 4.79 Å². The molecule has 1 heterocycles. The number of hydrogen-bond donors (Lipinski definition) is 2. The minimum Gasteiger partial charge on any atom is -0.465 e. The summed E-state index contributed by atoms with van der Waals surface area (Å²) in [5, 5.41) is 6.38. The maximum Gasteiger partial charge on any atom is 0.337 e. The molecule has 0 fully saturated rings. The molecule has 0 unspecified atom stereocenters. The number of anilines is 3. The zero-order chi connectivity index (χ0) is 17.4. The van der Waals surface area contributed by atoms with E-state index >= 15 is 0 Å². The first-order valence-corrected chi connectivity index (χ1v) is 7.66. The summed E-state index contributed by atoms with van der Waals surface area (Å²) >= 11 is 0. The molecule has 0 saturated heterocycles. The Balaban J connectivity index is 2.03. The van der Waals surface area contributed by atoms with Crippen molar-refractivity contribution in [1.29, 1.82) is 0 Å². The fraction of sp³-hybridized carbons (Fsp3) is 0.353. The van der Waals surface area contributed by atoms with Crippen LogP contribution < -0.4 is 10.6 Å². The number of methoxy groups -OCH3 is 2. The normalized spacial score (nSPS) is 10.3. The van der Waals surface area contributed by atoms with Crippen LogP contribution in [0.25, 0.3) is 0 Å². The average molecular weight is 330 g/mol. The van der Waals surface area contributed by atoms with Gasteiger partial charge in [-0.05, 0) is 37.6 Å². The van der Waals surface area contributed by atoms with Gasteiger partial charge in [0.15, 0.2) is 0 Å². The lowest BCUT2D eigenvalue weighted by molar-refractivity contribution is 0.0601. The number of hydrogen-bond acceptors (Lipinski definition) is 7. The lowest BCUT2D eigenvalue weighted by Gasteiger charge is -2.10. The highest BCUT2D eigenvalue weighted by Gasteiger charge is 2.06. The van der Waals surface area contributed by atoms with E-state index in [0.29, 0.717) is 23.9 Å². The Kier molecular flexibility index (Phi) is 6.51. The fourth-order valence-corrected chi connectivity index (χ4v) is 2.08. The average Bonchev–Trinajstić information content (AvgIpc) is 2.58. The molecule has 24 heavy (non-hydrogen) atoms. The zero-order valence-electron chi connectivity index (χ0n) is 14.1. The predicted octanol–water partition coefficient (Wildman–Crippen LogP) is 2.76. The van der Waals surface area contributed by atoms with E-state index in [-0.39, 0.29) is 5.97 Å². The molecule has 2 rings (SSSR count). The summed E-state index contributed by atoms with van der Waals surface area (Å²) in [5.41, 5.74) is 2.18. The molecule has 1 aromatic carbocycles. The van der Waals surface area contributed by atoms with Crippen molar-refractivity contribution in [3.05, 3.63) is 41.6 Å². The van der Waals surface area contributed by atoms with Crippen LogP contribution in [0.5, 0.6) is 0 Å². The van der Waals surface area contributed by atoms with Crippen molar-refractivity contribution < 1.29 is 14.3 Å². The molecule has 0 aliphatic rings. The maximum atomic E-state index is 11.4. The number of carbonyl (C=O) groups is 1. The van der Waals surface area contributed by atoms with Crippen molar-refractivity contribution in [3.63, 3.8) is 0 Å². The van der Waals surface area contributed by atoms with Crippen molar-refractivity contribution >= 4 is 23.4 Å². The molecule has 7 nitrogen and oxygen atoms in total. The van der Waals surface area contributed by atoms with Gasteiger partial charge in [-0.2, -0.15) is 4.98 Å². The third kappa shape index (κ3) is 5.20. The number of aromatic nitrogens is 2. The number of nitrogens with one attached hydrogen (secondary N) is 2. The van der Waals surface area contributed by atoms with Gasteiger partial charge in [-0.15, -0.1) is 0 Å². The fourth-order valence-electron chi connectivity index (χ4n) is 2.08. The van der Waals surface area contributed by atoms with E-state index in [1.807, 2.05) is 13.0 Å².